The number of aryl methyl sites for hydroxylation is 1. The third-order valence-electron chi connectivity index (χ3n) is 2.82. The van der Waals surface area contributed by atoms with E-state index in [-0.39, 0.29) is 11.2 Å². The number of imidazole rings is 1. The Balaban J connectivity index is 2.35. The molecule has 4 nitrogen and oxygen atoms in total. The van der Waals surface area contributed by atoms with E-state index in [0.717, 1.165) is 5.69 Å². The smallest absolute Gasteiger partial charge is 0.303 e. The zero-order chi connectivity index (χ0) is 12.7. The molecule has 1 N–H and O–H groups in total. The number of halogens is 1. The number of nitrogens with one attached hydrogen (secondary N) is 1. The molecule has 0 aliphatic rings. The topological polar surface area (TPSA) is 50.7 Å². The minimum Gasteiger partial charge on any atom is -0.303 e. The highest BCUT2D eigenvalue weighted by atomic mass is 19.1. The number of hydrogen-bond acceptors (Lipinski definition) is 2. The van der Waals surface area contributed by atoms with Gasteiger partial charge in [0.1, 0.15) is 11.3 Å². The van der Waals surface area contributed by atoms with Gasteiger partial charge in [-0.1, -0.05) is 6.07 Å². The van der Waals surface area contributed by atoms with E-state index in [9.17, 15) is 9.18 Å². The van der Waals surface area contributed by atoms with Gasteiger partial charge in [0, 0.05) is 5.69 Å². The summed E-state index contributed by atoms with van der Waals surface area (Å²) in [5.41, 5.74) is 1.81. The van der Waals surface area contributed by atoms with Crippen LogP contribution in [-0.4, -0.2) is 14.5 Å². The molecule has 0 atom stereocenters. The maximum absolute atomic E-state index is 13.6. The van der Waals surface area contributed by atoms with E-state index < -0.39 is 5.82 Å². The third-order valence-corrected chi connectivity index (χ3v) is 2.82. The van der Waals surface area contributed by atoms with Gasteiger partial charge in [-0.25, -0.2) is 9.18 Å². The molecule has 0 fully saturated rings. The molecule has 0 aliphatic heterocycles. The average molecular weight is 243 g/mol. The number of aromatic nitrogens is 3. The molecular formula is C13H10FN3O. The van der Waals surface area contributed by atoms with Gasteiger partial charge in [-0.15, -0.1) is 0 Å². The fraction of sp³-hybridized carbons (Fsp3) is 0.0769. The molecule has 0 spiro atoms. The van der Waals surface area contributed by atoms with Crippen molar-refractivity contribution in [1.82, 2.24) is 14.5 Å². The lowest BCUT2D eigenvalue weighted by Gasteiger charge is -2.02. The highest BCUT2D eigenvalue weighted by molar-refractivity contribution is 5.77. The van der Waals surface area contributed by atoms with Crippen molar-refractivity contribution in [3.05, 3.63) is 58.5 Å². The van der Waals surface area contributed by atoms with Crippen LogP contribution < -0.4 is 5.69 Å². The predicted octanol–water partition coefficient (Wildman–Crippen LogP) is 2.16. The Morgan fingerprint density at radius 3 is 2.83 bits per heavy atom. The van der Waals surface area contributed by atoms with E-state index in [4.69, 9.17) is 0 Å². The fourth-order valence-corrected chi connectivity index (χ4v) is 1.94. The molecule has 0 amide bonds. The summed E-state index contributed by atoms with van der Waals surface area (Å²) in [7, 11) is 0. The van der Waals surface area contributed by atoms with Gasteiger partial charge in [-0.3, -0.25) is 9.55 Å². The van der Waals surface area contributed by atoms with E-state index in [2.05, 4.69) is 9.97 Å². The number of nitrogens with zero attached hydrogens (tertiary/aromatic N) is 2. The number of pyridine rings is 1. The lowest BCUT2D eigenvalue weighted by Crippen LogP contribution is -2.14. The number of hydrogen-bond donors (Lipinski definition) is 1. The van der Waals surface area contributed by atoms with E-state index in [1.165, 1.54) is 10.6 Å². The summed E-state index contributed by atoms with van der Waals surface area (Å²) in [6.07, 6.45) is 1.59. The zero-order valence-corrected chi connectivity index (χ0v) is 9.64. The van der Waals surface area contributed by atoms with E-state index in [1.807, 2.05) is 6.92 Å². The van der Waals surface area contributed by atoms with E-state index >= 15 is 0 Å². The number of rotatable bonds is 1. The van der Waals surface area contributed by atoms with Crippen LogP contribution >= 0.6 is 0 Å². The number of para-hydroxylation sites is 1. The second-order valence-corrected chi connectivity index (χ2v) is 4.06. The summed E-state index contributed by atoms with van der Waals surface area (Å²) in [6.45, 7) is 1.86. The van der Waals surface area contributed by atoms with Gasteiger partial charge in [0.15, 0.2) is 0 Å². The molecular weight excluding hydrogens is 233 g/mol. The van der Waals surface area contributed by atoms with Crippen LogP contribution in [0.1, 0.15) is 5.69 Å². The molecule has 0 saturated carbocycles. The standard InChI is InChI=1S/C13H10FN3O/c1-8-5-6-9(7-15-8)17-11-4-2-3-10(14)12(11)16-13(17)18/h2-7H,1H3,(H,16,18). The summed E-state index contributed by atoms with van der Waals surface area (Å²) in [5.74, 6) is -0.441. The molecule has 90 valence electrons. The van der Waals surface area contributed by atoms with E-state index in [0.29, 0.717) is 11.2 Å². The molecule has 0 aliphatic carbocycles. The minimum absolute atomic E-state index is 0.211. The average Bonchev–Trinajstić information content (AvgIpc) is 2.69. The monoisotopic (exact) mass is 243 g/mol. The first-order valence-electron chi connectivity index (χ1n) is 5.49. The molecule has 0 radical (unpaired) electrons. The Hall–Kier alpha value is -2.43. The summed E-state index contributed by atoms with van der Waals surface area (Å²) in [5, 5.41) is 0. The quantitative estimate of drug-likeness (QED) is 0.712. The first-order chi connectivity index (χ1) is 8.66. The number of fused-ring (bicyclic) bond motifs is 1. The molecule has 5 heteroatoms. The van der Waals surface area contributed by atoms with Gasteiger partial charge in [0.25, 0.3) is 0 Å². The summed E-state index contributed by atoms with van der Waals surface area (Å²) < 4.78 is 15.0. The lowest BCUT2D eigenvalue weighted by atomic mass is 10.3. The highest BCUT2D eigenvalue weighted by Gasteiger charge is 2.11. The van der Waals surface area contributed by atoms with Crippen LogP contribution in [0, 0.1) is 12.7 Å². The van der Waals surface area contributed by atoms with E-state index in [1.54, 1.807) is 30.5 Å². The van der Waals surface area contributed by atoms with Crippen molar-refractivity contribution >= 4 is 11.0 Å². The van der Waals surface area contributed by atoms with Crippen LogP contribution in [0.25, 0.3) is 16.7 Å². The molecule has 3 rings (SSSR count). The fourth-order valence-electron chi connectivity index (χ4n) is 1.94. The SMILES string of the molecule is Cc1ccc(-n2c(=O)[nH]c3c(F)cccc32)cn1. The van der Waals surface area contributed by atoms with Crippen molar-refractivity contribution in [2.24, 2.45) is 0 Å². The molecule has 2 aromatic heterocycles. The Morgan fingerprint density at radius 2 is 2.11 bits per heavy atom. The van der Waals surface area contributed by atoms with Gasteiger partial charge in [-0.05, 0) is 31.2 Å². The van der Waals surface area contributed by atoms with Crippen LogP contribution in [0.5, 0.6) is 0 Å². The third kappa shape index (κ3) is 1.52. The van der Waals surface area contributed by atoms with Crippen molar-refractivity contribution in [2.45, 2.75) is 6.92 Å². The second-order valence-electron chi connectivity index (χ2n) is 4.06. The molecule has 0 bridgehead atoms. The highest BCUT2D eigenvalue weighted by Crippen LogP contribution is 2.17. The predicted molar refractivity (Wildman–Crippen MR) is 66.4 cm³/mol. The van der Waals surface area contributed by atoms with Crippen LogP contribution in [0.15, 0.2) is 41.3 Å². The molecule has 18 heavy (non-hydrogen) atoms. The van der Waals surface area contributed by atoms with Gasteiger partial charge in [0.05, 0.1) is 17.4 Å². The van der Waals surface area contributed by atoms with Crippen molar-refractivity contribution in [3.8, 4) is 5.69 Å². The first kappa shape index (κ1) is 10.7. The summed E-state index contributed by atoms with van der Waals surface area (Å²) in [6, 6.07) is 8.16. The van der Waals surface area contributed by atoms with Crippen molar-refractivity contribution in [1.29, 1.82) is 0 Å². The summed E-state index contributed by atoms with van der Waals surface area (Å²) >= 11 is 0. The summed E-state index contributed by atoms with van der Waals surface area (Å²) in [4.78, 5) is 18.5. The molecule has 1 aromatic carbocycles. The van der Waals surface area contributed by atoms with Crippen LogP contribution in [0.2, 0.25) is 0 Å². The molecule has 3 aromatic rings. The first-order valence-corrected chi connectivity index (χ1v) is 5.49. The number of benzene rings is 1. The van der Waals surface area contributed by atoms with Gasteiger partial charge in [0.2, 0.25) is 0 Å². The van der Waals surface area contributed by atoms with Gasteiger partial charge < -0.3 is 4.98 Å². The Kier molecular flexibility index (Phi) is 2.26. The van der Waals surface area contributed by atoms with Crippen molar-refractivity contribution in [3.63, 3.8) is 0 Å². The Morgan fingerprint density at radius 1 is 1.28 bits per heavy atom. The van der Waals surface area contributed by atoms with Crippen LogP contribution in [0.4, 0.5) is 4.39 Å². The van der Waals surface area contributed by atoms with Gasteiger partial charge >= 0.3 is 5.69 Å². The van der Waals surface area contributed by atoms with Gasteiger partial charge in [-0.2, -0.15) is 0 Å². The molecule has 0 saturated heterocycles. The number of aromatic amines is 1. The van der Waals surface area contributed by atoms with Crippen LogP contribution in [0.3, 0.4) is 0 Å². The maximum Gasteiger partial charge on any atom is 0.331 e. The van der Waals surface area contributed by atoms with Crippen molar-refractivity contribution in [2.75, 3.05) is 0 Å². The minimum atomic E-state index is -0.441. The zero-order valence-electron chi connectivity index (χ0n) is 9.64. The Labute approximate surface area is 102 Å². The molecule has 2 heterocycles. The Bertz CT molecular complexity index is 771. The second kappa shape index (κ2) is 3.80. The lowest BCUT2D eigenvalue weighted by molar-refractivity contribution is 0.637. The largest absolute Gasteiger partial charge is 0.331 e. The maximum atomic E-state index is 13.6. The normalized spacial score (nSPS) is 11.0. The molecule has 0 unspecified atom stereocenters. The van der Waals surface area contributed by atoms with Crippen molar-refractivity contribution < 1.29 is 4.39 Å². The van der Waals surface area contributed by atoms with Crippen LogP contribution in [-0.2, 0) is 0 Å². The number of H-pyrrole nitrogens is 1.